The fourth-order valence-electron chi connectivity index (χ4n) is 2.77. The standard InChI is InChI=1S/C16H27N3O2/c1-3-5-6-19-13-16(21)15(20)11-14(19)12-18-9-7-17(4-2)8-10-18/h11,13,21H,3-10,12H2,1-2H3. The number of aromatic hydroxyl groups is 1. The quantitative estimate of drug-likeness (QED) is 0.863. The Morgan fingerprint density at radius 2 is 1.81 bits per heavy atom. The molecule has 1 aromatic heterocycles. The minimum Gasteiger partial charge on any atom is -0.503 e. The van der Waals surface area contributed by atoms with Gasteiger partial charge in [-0.25, -0.2) is 0 Å². The van der Waals surface area contributed by atoms with Crippen LogP contribution in [0.1, 0.15) is 32.4 Å². The summed E-state index contributed by atoms with van der Waals surface area (Å²) < 4.78 is 2.03. The van der Waals surface area contributed by atoms with Crippen molar-refractivity contribution in [3.63, 3.8) is 0 Å². The number of pyridine rings is 1. The van der Waals surface area contributed by atoms with Gasteiger partial charge in [-0.2, -0.15) is 0 Å². The number of piperazine rings is 1. The molecular weight excluding hydrogens is 266 g/mol. The van der Waals surface area contributed by atoms with Crippen molar-refractivity contribution in [2.24, 2.45) is 0 Å². The highest BCUT2D eigenvalue weighted by molar-refractivity contribution is 5.20. The Labute approximate surface area is 126 Å². The first-order valence-corrected chi connectivity index (χ1v) is 8.01. The molecule has 0 bridgehead atoms. The maximum absolute atomic E-state index is 11.7. The Hall–Kier alpha value is -1.33. The van der Waals surface area contributed by atoms with Crippen LogP contribution in [-0.4, -0.2) is 52.2 Å². The molecule has 1 saturated heterocycles. The van der Waals surface area contributed by atoms with Crippen LogP contribution in [0.2, 0.25) is 0 Å². The molecule has 5 heteroatoms. The van der Waals surface area contributed by atoms with E-state index in [1.165, 1.54) is 0 Å². The highest BCUT2D eigenvalue weighted by Gasteiger charge is 2.17. The number of hydrogen-bond acceptors (Lipinski definition) is 4. The summed E-state index contributed by atoms with van der Waals surface area (Å²) in [5.74, 6) is -0.148. The monoisotopic (exact) mass is 293 g/mol. The number of aromatic nitrogens is 1. The van der Waals surface area contributed by atoms with E-state index in [9.17, 15) is 9.90 Å². The molecule has 21 heavy (non-hydrogen) atoms. The van der Waals surface area contributed by atoms with E-state index in [4.69, 9.17) is 0 Å². The largest absolute Gasteiger partial charge is 0.503 e. The molecule has 0 saturated carbocycles. The third-order valence-electron chi connectivity index (χ3n) is 4.25. The number of aryl methyl sites for hydroxylation is 1. The van der Waals surface area contributed by atoms with Crippen molar-refractivity contribution in [1.29, 1.82) is 0 Å². The Kier molecular flexibility index (Phi) is 5.82. The highest BCUT2D eigenvalue weighted by Crippen LogP contribution is 2.11. The van der Waals surface area contributed by atoms with Crippen molar-refractivity contribution in [2.75, 3.05) is 32.7 Å². The summed E-state index contributed by atoms with van der Waals surface area (Å²) in [6.07, 6.45) is 3.75. The molecule has 1 aromatic rings. The van der Waals surface area contributed by atoms with Crippen molar-refractivity contribution in [1.82, 2.24) is 14.4 Å². The number of unbranched alkanes of at least 4 members (excludes halogenated alkanes) is 1. The predicted molar refractivity (Wildman–Crippen MR) is 84.7 cm³/mol. The molecule has 0 aliphatic carbocycles. The lowest BCUT2D eigenvalue weighted by Gasteiger charge is -2.34. The van der Waals surface area contributed by atoms with Gasteiger partial charge in [0, 0.05) is 51.0 Å². The van der Waals surface area contributed by atoms with Crippen LogP contribution in [0.5, 0.6) is 5.75 Å². The summed E-state index contributed by atoms with van der Waals surface area (Å²) in [6, 6.07) is 1.59. The SMILES string of the molecule is CCCCn1cc(O)c(=O)cc1CN1CCN(CC)CC1. The summed E-state index contributed by atoms with van der Waals surface area (Å²) >= 11 is 0. The van der Waals surface area contributed by atoms with E-state index >= 15 is 0 Å². The second-order valence-corrected chi connectivity index (χ2v) is 5.77. The zero-order chi connectivity index (χ0) is 15.2. The van der Waals surface area contributed by atoms with Crippen LogP contribution in [0.4, 0.5) is 0 Å². The average Bonchev–Trinajstić information content (AvgIpc) is 2.50. The van der Waals surface area contributed by atoms with Gasteiger partial charge in [0.2, 0.25) is 5.43 Å². The summed E-state index contributed by atoms with van der Waals surface area (Å²) in [6.45, 7) is 11.3. The Morgan fingerprint density at radius 1 is 1.14 bits per heavy atom. The van der Waals surface area contributed by atoms with Crippen LogP contribution < -0.4 is 5.43 Å². The van der Waals surface area contributed by atoms with E-state index in [1.54, 1.807) is 12.3 Å². The first kappa shape index (κ1) is 16.0. The molecular formula is C16H27N3O2. The van der Waals surface area contributed by atoms with Crippen LogP contribution in [0, 0.1) is 0 Å². The van der Waals surface area contributed by atoms with Crippen molar-refractivity contribution in [3.05, 3.63) is 28.2 Å². The fraction of sp³-hybridized carbons (Fsp3) is 0.688. The van der Waals surface area contributed by atoms with E-state index in [1.807, 2.05) is 4.57 Å². The van der Waals surface area contributed by atoms with Crippen LogP contribution in [0.25, 0.3) is 0 Å². The van der Waals surface area contributed by atoms with E-state index in [-0.39, 0.29) is 11.2 Å². The third kappa shape index (κ3) is 4.32. The summed E-state index contributed by atoms with van der Waals surface area (Å²) in [7, 11) is 0. The lowest BCUT2D eigenvalue weighted by molar-refractivity contribution is 0.129. The average molecular weight is 293 g/mol. The van der Waals surface area contributed by atoms with Crippen LogP contribution in [-0.2, 0) is 13.1 Å². The summed E-state index contributed by atoms with van der Waals surface area (Å²) in [5.41, 5.74) is 0.737. The molecule has 0 atom stereocenters. The zero-order valence-electron chi connectivity index (χ0n) is 13.2. The maximum atomic E-state index is 11.7. The Balaban J connectivity index is 2.07. The van der Waals surface area contributed by atoms with Crippen LogP contribution in [0.15, 0.2) is 17.1 Å². The highest BCUT2D eigenvalue weighted by atomic mass is 16.3. The number of rotatable bonds is 6. The van der Waals surface area contributed by atoms with Gasteiger partial charge in [0.25, 0.3) is 0 Å². The maximum Gasteiger partial charge on any atom is 0.223 e. The number of likely N-dealkylation sites (N-methyl/N-ethyl adjacent to an activating group) is 1. The van der Waals surface area contributed by atoms with Gasteiger partial charge in [0.05, 0.1) is 6.20 Å². The molecule has 1 aliphatic heterocycles. The van der Waals surface area contributed by atoms with Gasteiger partial charge >= 0.3 is 0 Å². The lowest BCUT2D eigenvalue weighted by atomic mass is 10.2. The van der Waals surface area contributed by atoms with Gasteiger partial charge < -0.3 is 14.6 Å². The molecule has 0 spiro atoms. The Morgan fingerprint density at radius 3 is 2.43 bits per heavy atom. The summed E-state index contributed by atoms with van der Waals surface area (Å²) in [5, 5.41) is 9.64. The molecule has 0 radical (unpaired) electrons. The summed E-state index contributed by atoms with van der Waals surface area (Å²) in [4.78, 5) is 16.5. The minimum absolute atomic E-state index is 0.148. The van der Waals surface area contributed by atoms with Crippen molar-refractivity contribution in [3.8, 4) is 5.75 Å². The van der Waals surface area contributed by atoms with Gasteiger partial charge in [-0.05, 0) is 13.0 Å². The van der Waals surface area contributed by atoms with Crippen LogP contribution in [0.3, 0.4) is 0 Å². The van der Waals surface area contributed by atoms with Crippen LogP contribution >= 0.6 is 0 Å². The van der Waals surface area contributed by atoms with Gasteiger partial charge in [0.1, 0.15) is 0 Å². The van der Waals surface area contributed by atoms with Crippen molar-refractivity contribution in [2.45, 2.75) is 39.8 Å². The van der Waals surface area contributed by atoms with Crippen molar-refractivity contribution < 1.29 is 5.11 Å². The normalized spacial score (nSPS) is 17.2. The minimum atomic E-state index is -0.273. The first-order valence-electron chi connectivity index (χ1n) is 8.01. The van der Waals surface area contributed by atoms with Gasteiger partial charge in [-0.3, -0.25) is 9.69 Å². The molecule has 2 heterocycles. The zero-order valence-corrected chi connectivity index (χ0v) is 13.2. The molecule has 5 nitrogen and oxygen atoms in total. The number of nitrogens with zero attached hydrogens (tertiary/aromatic N) is 3. The molecule has 1 fully saturated rings. The van der Waals surface area contributed by atoms with Crippen molar-refractivity contribution >= 4 is 0 Å². The van der Waals surface area contributed by atoms with Gasteiger partial charge in [0.15, 0.2) is 5.75 Å². The molecule has 0 unspecified atom stereocenters. The second kappa shape index (κ2) is 7.61. The van der Waals surface area contributed by atoms with E-state index in [2.05, 4.69) is 23.6 Å². The molecule has 0 amide bonds. The van der Waals surface area contributed by atoms with Gasteiger partial charge in [-0.1, -0.05) is 20.3 Å². The molecule has 2 rings (SSSR count). The fourth-order valence-corrected chi connectivity index (χ4v) is 2.77. The molecule has 118 valence electrons. The van der Waals surface area contributed by atoms with E-state index < -0.39 is 0 Å². The Bertz CT molecular complexity index is 505. The smallest absolute Gasteiger partial charge is 0.223 e. The van der Waals surface area contributed by atoms with Gasteiger partial charge in [-0.15, -0.1) is 0 Å². The molecule has 1 aliphatic rings. The second-order valence-electron chi connectivity index (χ2n) is 5.77. The van der Waals surface area contributed by atoms with E-state index in [0.29, 0.717) is 0 Å². The molecule has 1 N–H and O–H groups in total. The lowest BCUT2D eigenvalue weighted by Crippen LogP contribution is -2.46. The molecule has 0 aromatic carbocycles. The van der Waals surface area contributed by atoms with E-state index in [0.717, 1.165) is 64.3 Å². The number of hydrogen-bond donors (Lipinski definition) is 1. The topological polar surface area (TPSA) is 48.7 Å². The first-order chi connectivity index (χ1) is 10.1. The predicted octanol–water partition coefficient (Wildman–Crippen LogP) is 1.49. The third-order valence-corrected chi connectivity index (χ3v) is 4.25.